The third-order valence-electron chi connectivity index (χ3n) is 4.39. The van der Waals surface area contributed by atoms with Crippen LogP contribution in [0.3, 0.4) is 0 Å². The van der Waals surface area contributed by atoms with E-state index < -0.39 is 15.9 Å². The first kappa shape index (κ1) is 21.4. The zero-order valence-corrected chi connectivity index (χ0v) is 18.0. The Hall–Kier alpha value is -2.27. The first-order valence-electron chi connectivity index (χ1n) is 8.84. The first-order chi connectivity index (χ1) is 13.8. The fourth-order valence-electron chi connectivity index (χ4n) is 2.85. The van der Waals surface area contributed by atoms with Crippen molar-refractivity contribution in [1.82, 2.24) is 9.62 Å². The van der Waals surface area contributed by atoms with Crippen LogP contribution >= 0.6 is 15.9 Å². The van der Waals surface area contributed by atoms with E-state index >= 15 is 0 Å². The van der Waals surface area contributed by atoms with Gasteiger partial charge in [0.2, 0.25) is 10.0 Å². The van der Waals surface area contributed by atoms with E-state index in [0.717, 1.165) is 0 Å². The van der Waals surface area contributed by atoms with Crippen molar-refractivity contribution in [3.05, 3.63) is 58.1 Å². The Morgan fingerprint density at radius 3 is 2.41 bits per heavy atom. The van der Waals surface area contributed by atoms with Crippen LogP contribution in [0, 0.1) is 0 Å². The zero-order valence-electron chi connectivity index (χ0n) is 15.6. The number of carbonyl (C=O) groups excluding carboxylic acids is 2. The molecule has 3 rings (SSSR count). The number of nitrogens with one attached hydrogen (secondary N) is 2. The minimum Gasteiger partial charge on any atom is -0.379 e. The summed E-state index contributed by atoms with van der Waals surface area (Å²) in [5, 5.41) is 5.21. The predicted octanol–water partition coefficient (Wildman–Crippen LogP) is 2.08. The number of halogens is 1. The van der Waals surface area contributed by atoms with Gasteiger partial charge in [0.1, 0.15) is 0 Å². The Balaban J connectivity index is 1.85. The minimum absolute atomic E-state index is 0.0196. The summed E-state index contributed by atoms with van der Waals surface area (Å²) >= 11 is 3.27. The lowest BCUT2D eigenvalue weighted by molar-refractivity contribution is 0.0730. The summed E-state index contributed by atoms with van der Waals surface area (Å²) in [6.07, 6.45) is 0. The summed E-state index contributed by atoms with van der Waals surface area (Å²) in [5.41, 5.74) is 1.01. The van der Waals surface area contributed by atoms with Crippen LogP contribution in [0.1, 0.15) is 20.7 Å². The Labute approximate surface area is 177 Å². The summed E-state index contributed by atoms with van der Waals surface area (Å²) in [4.78, 5) is 24.5. The molecule has 2 aromatic carbocycles. The molecule has 0 aromatic heterocycles. The van der Waals surface area contributed by atoms with Gasteiger partial charge in [0, 0.05) is 41.4 Å². The van der Waals surface area contributed by atoms with Gasteiger partial charge in [-0.15, -0.1) is 0 Å². The second-order valence-corrected chi connectivity index (χ2v) is 9.04. The molecule has 1 fully saturated rings. The van der Waals surface area contributed by atoms with Crippen LogP contribution in [0.5, 0.6) is 0 Å². The lowest BCUT2D eigenvalue weighted by Crippen LogP contribution is -2.40. The molecule has 0 aliphatic carbocycles. The van der Waals surface area contributed by atoms with Crippen LogP contribution < -0.4 is 10.6 Å². The normalized spacial score (nSPS) is 15.0. The molecule has 0 bridgehead atoms. The van der Waals surface area contributed by atoms with E-state index in [-0.39, 0.29) is 29.5 Å². The van der Waals surface area contributed by atoms with Crippen LogP contribution in [-0.4, -0.2) is 57.9 Å². The van der Waals surface area contributed by atoms with Gasteiger partial charge < -0.3 is 15.4 Å². The second kappa shape index (κ2) is 9.04. The summed E-state index contributed by atoms with van der Waals surface area (Å²) in [7, 11) is -2.25. The van der Waals surface area contributed by atoms with Crippen LogP contribution in [0.15, 0.2) is 51.8 Å². The van der Waals surface area contributed by atoms with E-state index in [9.17, 15) is 18.0 Å². The van der Waals surface area contributed by atoms with Gasteiger partial charge in [-0.25, -0.2) is 8.42 Å². The number of hydrogen-bond donors (Lipinski definition) is 2. The largest absolute Gasteiger partial charge is 0.379 e. The van der Waals surface area contributed by atoms with Crippen molar-refractivity contribution in [1.29, 1.82) is 0 Å². The molecule has 0 unspecified atom stereocenters. The molecule has 0 radical (unpaired) electrons. The molecule has 10 heteroatoms. The fourth-order valence-corrected chi connectivity index (χ4v) is 5.21. The second-order valence-electron chi connectivity index (χ2n) is 6.28. The average molecular weight is 482 g/mol. The average Bonchev–Trinajstić information content (AvgIpc) is 2.74. The van der Waals surface area contributed by atoms with Crippen molar-refractivity contribution in [2.45, 2.75) is 4.90 Å². The molecule has 1 aliphatic rings. The predicted molar refractivity (Wildman–Crippen MR) is 112 cm³/mol. The highest BCUT2D eigenvalue weighted by Crippen LogP contribution is 2.27. The van der Waals surface area contributed by atoms with Gasteiger partial charge in [-0.3, -0.25) is 9.59 Å². The smallest absolute Gasteiger partial charge is 0.255 e. The van der Waals surface area contributed by atoms with Crippen molar-refractivity contribution < 1.29 is 22.7 Å². The fraction of sp³-hybridized carbons (Fsp3) is 0.263. The highest BCUT2D eigenvalue weighted by atomic mass is 79.9. The number of nitrogens with zero attached hydrogens (tertiary/aromatic N) is 1. The number of benzene rings is 2. The van der Waals surface area contributed by atoms with Gasteiger partial charge >= 0.3 is 0 Å². The Bertz CT molecular complexity index is 1040. The van der Waals surface area contributed by atoms with Crippen molar-refractivity contribution in [2.75, 3.05) is 38.7 Å². The molecule has 8 nitrogen and oxygen atoms in total. The summed E-state index contributed by atoms with van der Waals surface area (Å²) < 4.78 is 32.8. The molecule has 154 valence electrons. The van der Waals surface area contributed by atoms with E-state index in [4.69, 9.17) is 4.74 Å². The summed E-state index contributed by atoms with van der Waals surface area (Å²) in [6, 6.07) is 10.9. The molecule has 2 amide bonds. The number of morpholine rings is 1. The Morgan fingerprint density at radius 2 is 1.72 bits per heavy atom. The van der Waals surface area contributed by atoms with Gasteiger partial charge in [0.25, 0.3) is 11.8 Å². The topological polar surface area (TPSA) is 105 Å². The van der Waals surface area contributed by atoms with Gasteiger partial charge in [0.05, 0.1) is 18.1 Å². The van der Waals surface area contributed by atoms with E-state index in [1.165, 1.54) is 29.6 Å². The number of sulfonamides is 1. The highest BCUT2D eigenvalue weighted by Gasteiger charge is 2.29. The van der Waals surface area contributed by atoms with Gasteiger partial charge in [-0.2, -0.15) is 4.31 Å². The van der Waals surface area contributed by atoms with Crippen molar-refractivity contribution >= 4 is 43.5 Å². The quantitative estimate of drug-likeness (QED) is 0.679. The standard InChI is InChI=1S/C19H20BrN3O5S/c1-21-18(24)13-3-2-4-15(11-13)22-19(25)14-5-6-16(20)17(12-14)29(26,27)23-7-9-28-10-8-23/h2-6,11-12H,7-10H2,1H3,(H,21,24)(H,22,25). The third-order valence-corrected chi connectivity index (χ3v) is 7.28. The minimum atomic E-state index is -3.77. The number of anilines is 1. The van der Waals surface area contributed by atoms with E-state index in [1.54, 1.807) is 24.3 Å². The zero-order chi connectivity index (χ0) is 21.0. The van der Waals surface area contributed by atoms with Crippen molar-refractivity contribution in [3.63, 3.8) is 0 Å². The van der Waals surface area contributed by atoms with Crippen molar-refractivity contribution in [3.8, 4) is 0 Å². The highest BCUT2D eigenvalue weighted by molar-refractivity contribution is 9.10. The SMILES string of the molecule is CNC(=O)c1cccc(NC(=O)c2ccc(Br)c(S(=O)(=O)N3CCOCC3)c2)c1. The van der Waals surface area contributed by atoms with Crippen LogP contribution in [0.25, 0.3) is 0 Å². The van der Waals surface area contributed by atoms with Crippen LogP contribution in [0.4, 0.5) is 5.69 Å². The van der Waals surface area contributed by atoms with E-state index in [1.807, 2.05) is 0 Å². The molecular weight excluding hydrogens is 462 g/mol. The summed E-state index contributed by atoms with van der Waals surface area (Å²) in [6.45, 7) is 1.19. The van der Waals surface area contributed by atoms with E-state index in [2.05, 4.69) is 26.6 Å². The molecule has 2 N–H and O–H groups in total. The molecule has 1 saturated heterocycles. The van der Waals surface area contributed by atoms with Gasteiger partial charge in [0.15, 0.2) is 0 Å². The number of carbonyl (C=O) groups is 2. The Kier molecular flexibility index (Phi) is 6.68. The summed E-state index contributed by atoms with van der Waals surface area (Å²) in [5.74, 6) is -0.756. The van der Waals surface area contributed by atoms with Crippen molar-refractivity contribution in [2.24, 2.45) is 0 Å². The molecule has 0 atom stereocenters. The lowest BCUT2D eigenvalue weighted by atomic mass is 10.1. The Morgan fingerprint density at radius 1 is 1.03 bits per heavy atom. The van der Waals surface area contributed by atoms with E-state index in [0.29, 0.717) is 28.9 Å². The number of amides is 2. The maximum atomic E-state index is 13.0. The molecular formula is C19H20BrN3O5S. The van der Waals surface area contributed by atoms with Crippen LogP contribution in [0.2, 0.25) is 0 Å². The maximum Gasteiger partial charge on any atom is 0.255 e. The molecule has 1 heterocycles. The lowest BCUT2D eigenvalue weighted by Gasteiger charge is -2.26. The van der Waals surface area contributed by atoms with Gasteiger partial charge in [-0.1, -0.05) is 6.07 Å². The van der Waals surface area contributed by atoms with Gasteiger partial charge in [-0.05, 0) is 52.3 Å². The molecule has 1 aliphatic heterocycles. The maximum absolute atomic E-state index is 13.0. The molecule has 2 aromatic rings. The number of rotatable bonds is 5. The molecule has 0 saturated carbocycles. The molecule has 29 heavy (non-hydrogen) atoms. The molecule has 0 spiro atoms. The van der Waals surface area contributed by atoms with Crippen LogP contribution in [-0.2, 0) is 14.8 Å². The monoisotopic (exact) mass is 481 g/mol. The first-order valence-corrected chi connectivity index (χ1v) is 11.1. The number of hydrogen-bond acceptors (Lipinski definition) is 5. The third kappa shape index (κ3) is 4.84. The number of ether oxygens (including phenoxy) is 1.